The lowest BCUT2D eigenvalue weighted by atomic mass is 9.66. The number of carboxylic acid groups (broad SMARTS) is 1. The fraction of sp³-hybridized carbons (Fsp3) is 0.630. The van der Waals surface area contributed by atoms with Crippen molar-refractivity contribution < 1.29 is 32.4 Å². The maximum atomic E-state index is 14.3. The predicted octanol–water partition coefficient (Wildman–Crippen LogP) is 7.00. The van der Waals surface area contributed by atoms with Crippen LogP contribution in [-0.4, -0.2) is 27.1 Å². The molecular weight excluding hydrogens is 487 g/mol. The van der Waals surface area contributed by atoms with E-state index in [-0.39, 0.29) is 24.0 Å². The van der Waals surface area contributed by atoms with E-state index in [1.807, 2.05) is 0 Å². The average Bonchev–Trinajstić information content (AvgIpc) is 3.20. The highest BCUT2D eigenvalue weighted by Crippen LogP contribution is 2.51. The van der Waals surface area contributed by atoms with E-state index in [2.05, 4.69) is 36.2 Å². The second-order valence-corrected chi connectivity index (χ2v) is 11.0. The lowest BCUT2D eigenvalue weighted by molar-refractivity contribution is -0.140. The first-order valence-electron chi connectivity index (χ1n) is 12.7. The number of alkyl halides is 3. The maximum Gasteiger partial charge on any atom is 0.421 e. The van der Waals surface area contributed by atoms with Gasteiger partial charge in [0, 0.05) is 30.4 Å². The van der Waals surface area contributed by atoms with Crippen molar-refractivity contribution in [1.82, 2.24) is 10.1 Å². The molecule has 2 heterocycles. The van der Waals surface area contributed by atoms with Gasteiger partial charge < -0.3 is 14.9 Å². The van der Waals surface area contributed by atoms with Gasteiger partial charge in [-0.05, 0) is 63.0 Å². The summed E-state index contributed by atoms with van der Waals surface area (Å²) >= 11 is 0. The van der Waals surface area contributed by atoms with Crippen LogP contribution in [0.3, 0.4) is 0 Å². The van der Waals surface area contributed by atoms with Crippen molar-refractivity contribution in [1.29, 1.82) is 0 Å². The molecule has 0 unspecified atom stereocenters. The number of nitrogens with one attached hydrogen (secondary N) is 1. The van der Waals surface area contributed by atoms with Crippen LogP contribution in [0.1, 0.15) is 106 Å². The molecule has 1 aliphatic carbocycles. The number of aromatic nitrogens is 2. The number of carbonyl (C=O) groups is 2. The molecule has 204 valence electrons. The number of aliphatic carboxylic acids is 1. The van der Waals surface area contributed by atoms with Gasteiger partial charge in [-0.15, -0.1) is 0 Å². The van der Waals surface area contributed by atoms with Crippen molar-refractivity contribution >= 4 is 17.6 Å². The largest absolute Gasteiger partial charge is 0.481 e. The van der Waals surface area contributed by atoms with E-state index < -0.39 is 47.6 Å². The molecule has 10 heteroatoms. The minimum Gasteiger partial charge on any atom is -0.481 e. The number of halogens is 3. The number of nitrogens with zero attached hydrogens (tertiary/aromatic N) is 2. The molecule has 0 saturated heterocycles. The van der Waals surface area contributed by atoms with Gasteiger partial charge in [0.15, 0.2) is 5.76 Å². The second-order valence-electron chi connectivity index (χ2n) is 11.0. The number of anilines is 1. The molecule has 0 aromatic carbocycles. The molecule has 1 fully saturated rings. The van der Waals surface area contributed by atoms with Gasteiger partial charge in [0.2, 0.25) is 5.91 Å². The summed E-state index contributed by atoms with van der Waals surface area (Å²) in [7, 11) is 0. The molecular formula is C27H36F3N3O4. The highest BCUT2D eigenvalue weighted by Gasteiger charge is 2.47. The summed E-state index contributed by atoms with van der Waals surface area (Å²) in [5.41, 5.74) is 0.546. The van der Waals surface area contributed by atoms with Crippen LogP contribution in [0, 0.1) is 25.2 Å². The molecule has 1 aliphatic rings. The fourth-order valence-electron chi connectivity index (χ4n) is 5.08. The second kappa shape index (κ2) is 11.2. The summed E-state index contributed by atoms with van der Waals surface area (Å²) in [5.74, 6) is -3.07. The molecule has 3 rings (SSSR count). The third kappa shape index (κ3) is 7.32. The van der Waals surface area contributed by atoms with Crippen LogP contribution in [0.2, 0.25) is 0 Å². The molecule has 0 spiro atoms. The first-order valence-corrected chi connectivity index (χ1v) is 12.7. The van der Waals surface area contributed by atoms with Crippen LogP contribution in [0.25, 0.3) is 0 Å². The summed E-state index contributed by atoms with van der Waals surface area (Å²) < 4.78 is 48.2. The van der Waals surface area contributed by atoms with E-state index in [0.29, 0.717) is 30.1 Å². The van der Waals surface area contributed by atoms with Gasteiger partial charge in [-0.25, -0.2) is 0 Å². The SMILES string of the molecule is CCC(C)(C)C[C@H]1C[C@@H](c2onc([C@@H](CCC(=O)O)CC(=O)Nc3ccc(C)nc3C)c2C(F)(F)F)C1. The molecule has 1 saturated carbocycles. The Morgan fingerprint density at radius 3 is 2.46 bits per heavy atom. The molecule has 2 N–H and O–H groups in total. The van der Waals surface area contributed by atoms with Gasteiger partial charge in [0.05, 0.1) is 17.1 Å². The number of amides is 1. The lowest BCUT2D eigenvalue weighted by Crippen LogP contribution is -2.28. The molecule has 0 radical (unpaired) electrons. The summed E-state index contributed by atoms with van der Waals surface area (Å²) in [6, 6.07) is 3.38. The normalized spacial score (nSPS) is 18.8. The van der Waals surface area contributed by atoms with Crippen molar-refractivity contribution in [2.24, 2.45) is 11.3 Å². The standard InChI is InChI=1S/C27H36F3N3O4/c1-6-26(4,5)14-17-11-19(12-17)25-23(27(28,29)30)24(33-37-25)18(8-10-22(35)36)13-21(34)32-20-9-7-15(2)31-16(20)3/h7,9,17-19H,6,8,10-14H2,1-5H3,(H,32,34)(H,35,36)/t17-,18-,19+/m0/s1. The zero-order valence-electron chi connectivity index (χ0n) is 22.0. The molecule has 0 aliphatic heterocycles. The molecule has 2 aromatic rings. The smallest absolute Gasteiger partial charge is 0.421 e. The lowest BCUT2D eigenvalue weighted by Gasteiger charge is -2.39. The minimum absolute atomic E-state index is 0.121. The first kappa shape index (κ1) is 28.7. The van der Waals surface area contributed by atoms with Gasteiger partial charge in [-0.2, -0.15) is 13.2 Å². The Labute approximate surface area is 215 Å². The van der Waals surface area contributed by atoms with E-state index >= 15 is 0 Å². The van der Waals surface area contributed by atoms with Gasteiger partial charge in [0.25, 0.3) is 0 Å². The third-order valence-corrected chi connectivity index (χ3v) is 7.46. The number of hydrogen-bond acceptors (Lipinski definition) is 5. The van der Waals surface area contributed by atoms with Crippen molar-refractivity contribution in [2.45, 2.75) is 97.6 Å². The van der Waals surface area contributed by atoms with Crippen LogP contribution < -0.4 is 5.32 Å². The number of rotatable bonds is 11. The Morgan fingerprint density at radius 2 is 1.89 bits per heavy atom. The van der Waals surface area contributed by atoms with Crippen LogP contribution in [-0.2, 0) is 15.8 Å². The zero-order valence-corrected chi connectivity index (χ0v) is 22.0. The van der Waals surface area contributed by atoms with Crippen molar-refractivity contribution in [2.75, 3.05) is 5.32 Å². The topological polar surface area (TPSA) is 105 Å². The quantitative estimate of drug-likeness (QED) is 0.328. The highest BCUT2D eigenvalue weighted by molar-refractivity contribution is 5.91. The Balaban J connectivity index is 1.84. The number of aryl methyl sites for hydroxylation is 2. The first-order chi connectivity index (χ1) is 17.2. The molecule has 7 nitrogen and oxygen atoms in total. The summed E-state index contributed by atoms with van der Waals surface area (Å²) in [6.45, 7) is 9.92. The van der Waals surface area contributed by atoms with Crippen LogP contribution >= 0.6 is 0 Å². The van der Waals surface area contributed by atoms with Crippen molar-refractivity contribution in [3.05, 3.63) is 40.5 Å². The summed E-state index contributed by atoms with van der Waals surface area (Å²) in [5, 5.41) is 15.6. The van der Waals surface area contributed by atoms with E-state index in [0.717, 1.165) is 18.5 Å². The van der Waals surface area contributed by atoms with E-state index in [1.165, 1.54) is 0 Å². The fourth-order valence-corrected chi connectivity index (χ4v) is 5.08. The molecule has 37 heavy (non-hydrogen) atoms. The molecule has 1 amide bonds. The number of hydrogen-bond donors (Lipinski definition) is 2. The Morgan fingerprint density at radius 1 is 1.22 bits per heavy atom. The Hall–Kier alpha value is -2.91. The van der Waals surface area contributed by atoms with Gasteiger partial charge in [-0.3, -0.25) is 14.6 Å². The average molecular weight is 524 g/mol. The maximum absolute atomic E-state index is 14.3. The van der Waals surface area contributed by atoms with Crippen molar-refractivity contribution in [3.8, 4) is 0 Å². The van der Waals surface area contributed by atoms with Crippen LogP contribution in [0.5, 0.6) is 0 Å². The Bertz CT molecular complexity index is 1120. The van der Waals surface area contributed by atoms with E-state index in [1.54, 1.807) is 26.0 Å². The minimum atomic E-state index is -4.74. The predicted molar refractivity (Wildman–Crippen MR) is 132 cm³/mol. The number of carbonyl (C=O) groups excluding carboxylic acids is 1. The van der Waals surface area contributed by atoms with Gasteiger partial charge in [0.1, 0.15) is 5.56 Å². The van der Waals surface area contributed by atoms with Crippen LogP contribution in [0.4, 0.5) is 18.9 Å². The van der Waals surface area contributed by atoms with Gasteiger partial charge >= 0.3 is 12.1 Å². The molecule has 2 aromatic heterocycles. The molecule has 1 atom stereocenters. The van der Waals surface area contributed by atoms with Crippen LogP contribution in [0.15, 0.2) is 16.7 Å². The zero-order chi connectivity index (χ0) is 27.5. The van der Waals surface area contributed by atoms with Gasteiger partial charge in [-0.1, -0.05) is 32.3 Å². The Kier molecular flexibility index (Phi) is 8.70. The number of pyridine rings is 1. The van der Waals surface area contributed by atoms with Crippen molar-refractivity contribution in [3.63, 3.8) is 0 Å². The number of carboxylic acids is 1. The van der Waals surface area contributed by atoms with E-state index in [4.69, 9.17) is 4.52 Å². The third-order valence-electron chi connectivity index (χ3n) is 7.46. The highest BCUT2D eigenvalue weighted by atomic mass is 19.4. The molecule has 0 bridgehead atoms. The van der Waals surface area contributed by atoms with E-state index in [9.17, 15) is 27.9 Å². The summed E-state index contributed by atoms with van der Waals surface area (Å²) in [4.78, 5) is 28.3. The summed E-state index contributed by atoms with van der Waals surface area (Å²) in [6.07, 6.45) is -2.61. The monoisotopic (exact) mass is 523 g/mol.